The van der Waals surface area contributed by atoms with E-state index in [9.17, 15) is 4.79 Å². The molecule has 0 bridgehead atoms. The Kier molecular flexibility index (Phi) is 6.07. The summed E-state index contributed by atoms with van der Waals surface area (Å²) in [4.78, 5) is 13.8. The van der Waals surface area contributed by atoms with Crippen LogP contribution in [0.2, 0.25) is 0 Å². The number of ether oxygens (including phenoxy) is 1. The van der Waals surface area contributed by atoms with Crippen molar-refractivity contribution in [2.75, 3.05) is 19.0 Å². The van der Waals surface area contributed by atoms with E-state index < -0.39 is 0 Å². The van der Waals surface area contributed by atoms with Gasteiger partial charge in [-0.15, -0.1) is 0 Å². The van der Waals surface area contributed by atoms with E-state index in [0.717, 1.165) is 35.5 Å². The van der Waals surface area contributed by atoms with Crippen LogP contribution in [-0.4, -0.2) is 29.6 Å². The van der Waals surface area contributed by atoms with Crippen LogP contribution in [-0.2, 0) is 17.9 Å². The summed E-state index contributed by atoms with van der Waals surface area (Å²) in [6, 6.07) is 15.8. The number of nitrogens with one attached hydrogen (secondary N) is 2. The predicted molar refractivity (Wildman–Crippen MR) is 107 cm³/mol. The number of carbonyl (C=O) groups excluding carboxylic acids is 1. The number of hydrogen-bond acceptors (Lipinski definition) is 3. The van der Waals surface area contributed by atoms with Crippen LogP contribution in [0, 0.1) is 0 Å². The van der Waals surface area contributed by atoms with Crippen molar-refractivity contribution in [1.82, 2.24) is 10.2 Å². The highest BCUT2D eigenvalue weighted by Crippen LogP contribution is 2.18. The monoisotopic (exact) mass is 369 g/mol. The average molecular weight is 369 g/mol. The molecule has 1 amide bonds. The van der Waals surface area contributed by atoms with E-state index in [1.807, 2.05) is 41.3 Å². The largest absolute Gasteiger partial charge is 0.497 e. The molecule has 2 aromatic rings. The van der Waals surface area contributed by atoms with Crippen LogP contribution in [0.1, 0.15) is 24.0 Å². The smallest absolute Gasteiger partial charge is 0.222 e. The normalized spacial score (nSPS) is 13.6. The highest BCUT2D eigenvalue weighted by atomic mass is 32.1. The molecule has 6 heteroatoms. The number of thiocarbonyl (C=S) groups is 1. The molecule has 1 saturated heterocycles. The van der Waals surface area contributed by atoms with Crippen molar-refractivity contribution in [3.05, 3.63) is 59.7 Å². The lowest BCUT2D eigenvalue weighted by atomic mass is 10.1. The van der Waals surface area contributed by atoms with Crippen LogP contribution < -0.4 is 15.4 Å². The zero-order valence-electron chi connectivity index (χ0n) is 14.8. The fraction of sp³-hybridized carbons (Fsp3) is 0.300. The number of benzene rings is 2. The van der Waals surface area contributed by atoms with Gasteiger partial charge in [0.1, 0.15) is 5.75 Å². The minimum Gasteiger partial charge on any atom is -0.497 e. The Labute approximate surface area is 159 Å². The van der Waals surface area contributed by atoms with Crippen LogP contribution in [0.3, 0.4) is 0 Å². The van der Waals surface area contributed by atoms with E-state index >= 15 is 0 Å². The second-order valence-corrected chi connectivity index (χ2v) is 6.64. The molecule has 0 saturated carbocycles. The van der Waals surface area contributed by atoms with Crippen LogP contribution in [0.4, 0.5) is 5.69 Å². The Morgan fingerprint density at radius 3 is 2.73 bits per heavy atom. The van der Waals surface area contributed by atoms with Gasteiger partial charge < -0.3 is 20.3 Å². The first-order valence-corrected chi connectivity index (χ1v) is 9.10. The number of carbonyl (C=O) groups is 1. The Morgan fingerprint density at radius 1 is 1.19 bits per heavy atom. The molecule has 0 aromatic heterocycles. The molecule has 26 heavy (non-hydrogen) atoms. The van der Waals surface area contributed by atoms with Gasteiger partial charge in [0.05, 0.1) is 7.11 Å². The number of anilines is 1. The molecule has 0 spiro atoms. The van der Waals surface area contributed by atoms with Crippen molar-refractivity contribution in [2.24, 2.45) is 0 Å². The summed E-state index contributed by atoms with van der Waals surface area (Å²) in [6.45, 7) is 2.11. The van der Waals surface area contributed by atoms with Crippen LogP contribution in [0.5, 0.6) is 5.75 Å². The van der Waals surface area contributed by atoms with Gasteiger partial charge in [0.25, 0.3) is 0 Å². The standard InChI is InChI=1S/C20H23N3O2S/c1-25-18-9-4-8-17(12-18)22-20(26)21-13-15-6-2-3-7-16(15)14-23-11-5-10-19(23)24/h2-4,6-9,12H,5,10-11,13-14H2,1H3,(H2,21,22,26). The molecular formula is C20H23N3O2S. The molecule has 1 heterocycles. The van der Waals surface area contributed by atoms with Gasteiger partial charge in [-0.25, -0.2) is 0 Å². The van der Waals surface area contributed by atoms with Gasteiger partial charge in [-0.2, -0.15) is 0 Å². The summed E-state index contributed by atoms with van der Waals surface area (Å²) < 4.78 is 5.22. The summed E-state index contributed by atoms with van der Waals surface area (Å²) in [7, 11) is 1.64. The molecule has 2 aromatic carbocycles. The van der Waals surface area contributed by atoms with Gasteiger partial charge in [0.2, 0.25) is 5.91 Å². The molecule has 1 fully saturated rings. The van der Waals surface area contributed by atoms with Crippen LogP contribution in [0.25, 0.3) is 0 Å². The Bertz CT molecular complexity index is 794. The molecule has 136 valence electrons. The quantitative estimate of drug-likeness (QED) is 0.765. The van der Waals surface area contributed by atoms with Gasteiger partial charge in [-0.3, -0.25) is 4.79 Å². The third-order valence-electron chi connectivity index (χ3n) is 4.42. The second kappa shape index (κ2) is 8.67. The summed E-state index contributed by atoms with van der Waals surface area (Å²) in [6.07, 6.45) is 1.61. The maximum atomic E-state index is 11.9. The second-order valence-electron chi connectivity index (χ2n) is 6.23. The van der Waals surface area contributed by atoms with Crippen molar-refractivity contribution in [3.63, 3.8) is 0 Å². The topological polar surface area (TPSA) is 53.6 Å². The SMILES string of the molecule is COc1cccc(NC(=S)NCc2ccccc2CN2CCCC2=O)c1. The third-order valence-corrected chi connectivity index (χ3v) is 4.66. The fourth-order valence-electron chi connectivity index (χ4n) is 3.01. The number of nitrogens with zero attached hydrogens (tertiary/aromatic N) is 1. The van der Waals surface area contributed by atoms with E-state index in [4.69, 9.17) is 17.0 Å². The summed E-state index contributed by atoms with van der Waals surface area (Å²) >= 11 is 5.39. The number of likely N-dealkylation sites (tertiary alicyclic amines) is 1. The maximum absolute atomic E-state index is 11.9. The first-order chi connectivity index (χ1) is 12.7. The first kappa shape index (κ1) is 18.2. The van der Waals surface area contributed by atoms with Crippen molar-refractivity contribution >= 4 is 28.9 Å². The summed E-state index contributed by atoms with van der Waals surface area (Å²) in [5, 5.41) is 6.95. The van der Waals surface area contributed by atoms with Crippen molar-refractivity contribution in [3.8, 4) is 5.75 Å². The molecule has 0 aliphatic carbocycles. The zero-order chi connectivity index (χ0) is 18.4. The number of methoxy groups -OCH3 is 1. The van der Waals surface area contributed by atoms with E-state index in [-0.39, 0.29) is 5.91 Å². The van der Waals surface area contributed by atoms with Gasteiger partial charge in [0.15, 0.2) is 5.11 Å². The molecular weight excluding hydrogens is 346 g/mol. The Hall–Kier alpha value is -2.60. The average Bonchev–Trinajstić information content (AvgIpc) is 3.06. The Balaban J connectivity index is 1.58. The fourth-order valence-corrected chi connectivity index (χ4v) is 3.20. The molecule has 2 N–H and O–H groups in total. The van der Waals surface area contributed by atoms with Crippen LogP contribution >= 0.6 is 12.2 Å². The molecule has 0 atom stereocenters. The zero-order valence-corrected chi connectivity index (χ0v) is 15.6. The molecule has 3 rings (SSSR count). The molecule has 1 aliphatic rings. The third kappa shape index (κ3) is 4.73. The van der Waals surface area contributed by atoms with E-state index in [1.54, 1.807) is 7.11 Å². The number of rotatable bonds is 6. The van der Waals surface area contributed by atoms with Crippen LogP contribution in [0.15, 0.2) is 48.5 Å². The van der Waals surface area contributed by atoms with Gasteiger partial charge in [-0.1, -0.05) is 30.3 Å². The number of amides is 1. The van der Waals surface area contributed by atoms with Gasteiger partial charge in [-0.05, 0) is 41.9 Å². The molecule has 0 unspecified atom stereocenters. The Morgan fingerprint density at radius 2 is 2.00 bits per heavy atom. The molecule has 5 nitrogen and oxygen atoms in total. The van der Waals surface area contributed by atoms with E-state index in [1.165, 1.54) is 0 Å². The van der Waals surface area contributed by atoms with E-state index in [2.05, 4.69) is 22.8 Å². The highest BCUT2D eigenvalue weighted by Gasteiger charge is 2.20. The van der Waals surface area contributed by atoms with E-state index in [0.29, 0.717) is 24.6 Å². The van der Waals surface area contributed by atoms with Crippen molar-refractivity contribution in [2.45, 2.75) is 25.9 Å². The maximum Gasteiger partial charge on any atom is 0.222 e. The highest BCUT2D eigenvalue weighted by molar-refractivity contribution is 7.80. The first-order valence-electron chi connectivity index (χ1n) is 8.69. The lowest BCUT2D eigenvalue weighted by Gasteiger charge is -2.19. The van der Waals surface area contributed by atoms with Gasteiger partial charge >= 0.3 is 0 Å². The number of hydrogen-bond donors (Lipinski definition) is 2. The summed E-state index contributed by atoms with van der Waals surface area (Å²) in [5.41, 5.74) is 3.17. The predicted octanol–water partition coefficient (Wildman–Crippen LogP) is 3.30. The minimum atomic E-state index is 0.239. The lowest BCUT2D eigenvalue weighted by molar-refractivity contribution is -0.128. The lowest BCUT2D eigenvalue weighted by Crippen LogP contribution is -2.29. The molecule has 1 aliphatic heterocycles. The minimum absolute atomic E-state index is 0.239. The van der Waals surface area contributed by atoms with Crippen molar-refractivity contribution < 1.29 is 9.53 Å². The van der Waals surface area contributed by atoms with Crippen molar-refractivity contribution in [1.29, 1.82) is 0 Å². The molecule has 0 radical (unpaired) electrons. The van der Waals surface area contributed by atoms with Gasteiger partial charge in [0, 0.05) is 37.8 Å². The summed E-state index contributed by atoms with van der Waals surface area (Å²) in [5.74, 6) is 1.02.